The van der Waals surface area contributed by atoms with Crippen molar-refractivity contribution < 1.29 is 19.1 Å². The van der Waals surface area contributed by atoms with Gasteiger partial charge in [0.2, 0.25) is 0 Å². The second-order valence-corrected chi connectivity index (χ2v) is 7.21. The lowest BCUT2D eigenvalue weighted by atomic mass is 9.93. The van der Waals surface area contributed by atoms with Crippen molar-refractivity contribution in [1.82, 2.24) is 9.80 Å². The molecular formula is C19H30N2O4. The van der Waals surface area contributed by atoms with Gasteiger partial charge in [0.1, 0.15) is 0 Å². The van der Waals surface area contributed by atoms with Crippen molar-refractivity contribution in [3.8, 4) is 0 Å². The van der Waals surface area contributed by atoms with E-state index in [1.807, 2.05) is 18.7 Å². The molecule has 0 aromatic rings. The molecule has 3 aliphatic heterocycles. The minimum Gasteiger partial charge on any atom is -0.463 e. The van der Waals surface area contributed by atoms with Crippen molar-refractivity contribution in [2.45, 2.75) is 70.5 Å². The Morgan fingerprint density at radius 2 is 1.60 bits per heavy atom. The maximum atomic E-state index is 12.2. The molecule has 0 spiro atoms. The minimum absolute atomic E-state index is 0.133. The predicted octanol–water partition coefficient (Wildman–Crippen LogP) is 2.72. The molecular weight excluding hydrogens is 320 g/mol. The number of carbonyl (C=O) groups excluding carboxylic acids is 2. The van der Waals surface area contributed by atoms with Crippen molar-refractivity contribution in [3.63, 3.8) is 0 Å². The number of esters is 1. The molecule has 0 saturated carbocycles. The number of amides is 1. The molecule has 2 bridgehead atoms. The van der Waals surface area contributed by atoms with Crippen molar-refractivity contribution in [2.24, 2.45) is 0 Å². The van der Waals surface area contributed by atoms with Crippen LogP contribution in [0.15, 0.2) is 11.6 Å². The van der Waals surface area contributed by atoms with Crippen LogP contribution < -0.4 is 0 Å². The number of rotatable bonds is 4. The van der Waals surface area contributed by atoms with E-state index < -0.39 is 0 Å². The number of carbonyl (C=O) groups is 2. The highest BCUT2D eigenvalue weighted by Gasteiger charge is 2.45. The van der Waals surface area contributed by atoms with E-state index in [4.69, 9.17) is 9.47 Å². The standard InChI is InChI=1S/C19H30N2O4/c1-3-24-18(22)11-14-7-9-20(10-8-14)17-12-15-5-6-16(13-17)21(15)19(23)25-4-2/h11,15-17H,3-10,12-13H2,1-2H3/t15-,16+,17?. The van der Waals surface area contributed by atoms with Gasteiger partial charge < -0.3 is 14.4 Å². The van der Waals surface area contributed by atoms with Crippen LogP contribution in [-0.4, -0.2) is 66.3 Å². The molecule has 1 unspecified atom stereocenters. The summed E-state index contributed by atoms with van der Waals surface area (Å²) >= 11 is 0. The van der Waals surface area contributed by atoms with E-state index in [2.05, 4.69) is 4.90 Å². The SMILES string of the molecule is CCOC(=O)C=C1CCN(C2C[C@H]3CC[C@@H](C2)N3C(=O)OCC)CC1. The normalized spacial score (nSPS) is 29.4. The molecule has 0 N–H and O–H groups in total. The number of hydrogen-bond donors (Lipinski definition) is 0. The third-order valence-corrected chi connectivity index (χ3v) is 5.75. The zero-order valence-electron chi connectivity index (χ0n) is 15.4. The van der Waals surface area contributed by atoms with E-state index in [1.54, 1.807) is 6.08 Å². The molecule has 6 nitrogen and oxygen atoms in total. The Bertz CT molecular complexity index is 510. The Morgan fingerprint density at radius 3 is 2.16 bits per heavy atom. The molecule has 0 radical (unpaired) electrons. The summed E-state index contributed by atoms with van der Waals surface area (Å²) in [6.45, 7) is 6.55. The quantitative estimate of drug-likeness (QED) is 0.576. The lowest BCUT2D eigenvalue weighted by Gasteiger charge is -2.44. The fourth-order valence-electron chi connectivity index (χ4n) is 4.61. The Kier molecular flexibility index (Phi) is 5.99. The summed E-state index contributed by atoms with van der Waals surface area (Å²) in [6.07, 6.45) is 7.71. The van der Waals surface area contributed by atoms with E-state index in [1.165, 1.54) is 5.57 Å². The van der Waals surface area contributed by atoms with Gasteiger partial charge in [-0.15, -0.1) is 0 Å². The summed E-state index contributed by atoms with van der Waals surface area (Å²) in [5.74, 6) is -0.216. The third kappa shape index (κ3) is 4.17. The summed E-state index contributed by atoms with van der Waals surface area (Å²) < 4.78 is 10.2. The first kappa shape index (κ1) is 18.2. The Morgan fingerprint density at radius 1 is 1.00 bits per heavy atom. The first-order valence-corrected chi connectivity index (χ1v) is 9.67. The smallest absolute Gasteiger partial charge is 0.410 e. The zero-order valence-corrected chi connectivity index (χ0v) is 15.4. The number of piperidine rings is 2. The van der Waals surface area contributed by atoms with Gasteiger partial charge in [-0.2, -0.15) is 0 Å². The number of hydrogen-bond acceptors (Lipinski definition) is 5. The second kappa shape index (κ2) is 8.21. The molecule has 6 heteroatoms. The van der Waals surface area contributed by atoms with Gasteiger partial charge in [0, 0.05) is 37.3 Å². The van der Waals surface area contributed by atoms with Crippen LogP contribution in [0.4, 0.5) is 4.79 Å². The number of likely N-dealkylation sites (tertiary alicyclic amines) is 1. The van der Waals surface area contributed by atoms with E-state index >= 15 is 0 Å². The Labute approximate surface area is 150 Å². The maximum Gasteiger partial charge on any atom is 0.410 e. The molecule has 3 aliphatic rings. The molecule has 25 heavy (non-hydrogen) atoms. The number of nitrogens with zero attached hydrogens (tertiary/aromatic N) is 2. The van der Waals surface area contributed by atoms with E-state index in [-0.39, 0.29) is 12.1 Å². The van der Waals surface area contributed by atoms with E-state index in [0.717, 1.165) is 51.6 Å². The molecule has 0 aliphatic carbocycles. The molecule has 0 aromatic heterocycles. The predicted molar refractivity (Wildman–Crippen MR) is 94.2 cm³/mol. The average Bonchev–Trinajstić information content (AvgIpc) is 2.86. The lowest BCUT2D eigenvalue weighted by Crippen LogP contribution is -2.53. The first-order chi connectivity index (χ1) is 12.1. The van der Waals surface area contributed by atoms with Crippen LogP contribution in [0.1, 0.15) is 52.4 Å². The highest BCUT2D eigenvalue weighted by atomic mass is 16.6. The van der Waals surface area contributed by atoms with Gasteiger partial charge in [-0.3, -0.25) is 4.90 Å². The summed E-state index contributed by atoms with van der Waals surface area (Å²) in [5.41, 5.74) is 1.20. The van der Waals surface area contributed by atoms with Gasteiger partial charge >= 0.3 is 12.1 Å². The molecule has 3 fully saturated rings. The second-order valence-electron chi connectivity index (χ2n) is 7.21. The van der Waals surface area contributed by atoms with Crippen LogP contribution in [0.5, 0.6) is 0 Å². The molecule has 1 amide bonds. The van der Waals surface area contributed by atoms with Crippen LogP contribution >= 0.6 is 0 Å². The third-order valence-electron chi connectivity index (χ3n) is 5.75. The van der Waals surface area contributed by atoms with Crippen molar-refractivity contribution >= 4 is 12.1 Å². The highest BCUT2D eigenvalue weighted by Crippen LogP contribution is 2.38. The van der Waals surface area contributed by atoms with Gasteiger partial charge in [0.05, 0.1) is 13.2 Å². The average molecular weight is 350 g/mol. The largest absolute Gasteiger partial charge is 0.463 e. The number of ether oxygens (including phenoxy) is 2. The van der Waals surface area contributed by atoms with E-state index in [0.29, 0.717) is 31.3 Å². The summed E-state index contributed by atoms with van der Waals surface area (Å²) in [6, 6.07) is 1.21. The van der Waals surface area contributed by atoms with Gasteiger partial charge in [-0.1, -0.05) is 5.57 Å². The van der Waals surface area contributed by atoms with Gasteiger partial charge in [-0.25, -0.2) is 9.59 Å². The van der Waals surface area contributed by atoms with Crippen molar-refractivity contribution in [2.75, 3.05) is 26.3 Å². The van der Waals surface area contributed by atoms with E-state index in [9.17, 15) is 9.59 Å². The Hall–Kier alpha value is -1.56. The number of fused-ring (bicyclic) bond motifs is 2. The maximum absolute atomic E-state index is 12.2. The summed E-state index contributed by atoms with van der Waals surface area (Å²) in [4.78, 5) is 28.3. The van der Waals surface area contributed by atoms with Crippen LogP contribution in [0.3, 0.4) is 0 Å². The van der Waals surface area contributed by atoms with Crippen LogP contribution in [-0.2, 0) is 14.3 Å². The fourth-order valence-corrected chi connectivity index (χ4v) is 4.61. The first-order valence-electron chi connectivity index (χ1n) is 9.67. The van der Waals surface area contributed by atoms with Gasteiger partial charge in [0.15, 0.2) is 0 Å². The minimum atomic E-state index is -0.216. The van der Waals surface area contributed by atoms with Crippen LogP contribution in [0.2, 0.25) is 0 Å². The molecule has 0 aromatic carbocycles. The molecule has 3 rings (SSSR count). The summed E-state index contributed by atoms with van der Waals surface area (Å²) in [5, 5.41) is 0. The van der Waals surface area contributed by atoms with Gasteiger partial charge in [0.25, 0.3) is 0 Å². The summed E-state index contributed by atoms with van der Waals surface area (Å²) in [7, 11) is 0. The topological polar surface area (TPSA) is 59.1 Å². The fraction of sp³-hybridized carbons (Fsp3) is 0.789. The lowest BCUT2D eigenvalue weighted by molar-refractivity contribution is -0.137. The molecule has 3 saturated heterocycles. The van der Waals surface area contributed by atoms with Crippen LogP contribution in [0.25, 0.3) is 0 Å². The van der Waals surface area contributed by atoms with Gasteiger partial charge in [-0.05, 0) is 52.4 Å². The molecule has 3 heterocycles. The monoisotopic (exact) mass is 350 g/mol. The molecule has 3 atom stereocenters. The highest BCUT2D eigenvalue weighted by molar-refractivity contribution is 5.82. The van der Waals surface area contributed by atoms with Crippen LogP contribution in [0, 0.1) is 0 Å². The molecule has 140 valence electrons. The van der Waals surface area contributed by atoms with Crippen molar-refractivity contribution in [1.29, 1.82) is 0 Å². The zero-order chi connectivity index (χ0) is 17.8. The van der Waals surface area contributed by atoms with Crippen molar-refractivity contribution in [3.05, 3.63) is 11.6 Å². The Balaban J connectivity index is 1.53.